The third-order valence-electron chi connectivity index (χ3n) is 2.48. The predicted molar refractivity (Wildman–Crippen MR) is 59.5 cm³/mol. The van der Waals surface area contributed by atoms with Crippen LogP contribution in [0.3, 0.4) is 0 Å². The molecule has 0 heterocycles. The first-order valence-corrected chi connectivity index (χ1v) is 5.13. The van der Waals surface area contributed by atoms with Gasteiger partial charge in [0, 0.05) is 11.3 Å². The van der Waals surface area contributed by atoms with E-state index in [0.29, 0.717) is 11.3 Å². The standard InChI is InChI=1S/C12H9F6NO/c1-7-6-8(2-3-9(7)19)4-5-10(20,11(13,14)15)12(16,17)18/h2-3,6,20H,19H2,1H3. The third kappa shape index (κ3) is 2.99. The van der Waals surface area contributed by atoms with E-state index in [2.05, 4.69) is 0 Å². The number of rotatable bonds is 0. The topological polar surface area (TPSA) is 46.2 Å². The van der Waals surface area contributed by atoms with Crippen molar-refractivity contribution in [2.45, 2.75) is 24.9 Å². The lowest BCUT2D eigenvalue weighted by molar-refractivity contribution is -0.343. The molecule has 0 atom stereocenters. The summed E-state index contributed by atoms with van der Waals surface area (Å²) in [7, 11) is 0. The van der Waals surface area contributed by atoms with Crippen molar-refractivity contribution >= 4 is 5.69 Å². The summed E-state index contributed by atoms with van der Waals surface area (Å²) in [6.45, 7) is 1.51. The van der Waals surface area contributed by atoms with Crippen molar-refractivity contribution in [2.75, 3.05) is 5.73 Å². The average molecular weight is 297 g/mol. The van der Waals surface area contributed by atoms with Crippen LogP contribution in [0.2, 0.25) is 0 Å². The molecule has 0 aliphatic heterocycles. The van der Waals surface area contributed by atoms with Gasteiger partial charge >= 0.3 is 18.0 Å². The molecule has 0 aliphatic rings. The highest BCUT2D eigenvalue weighted by Gasteiger charge is 2.70. The second-order valence-corrected chi connectivity index (χ2v) is 4.03. The summed E-state index contributed by atoms with van der Waals surface area (Å²) in [5.41, 5.74) is 1.02. The van der Waals surface area contributed by atoms with E-state index in [0.717, 1.165) is 12.0 Å². The van der Waals surface area contributed by atoms with Crippen LogP contribution in [0.4, 0.5) is 32.0 Å². The van der Waals surface area contributed by atoms with E-state index >= 15 is 0 Å². The molecule has 0 saturated carbocycles. The Morgan fingerprint density at radius 3 is 1.95 bits per heavy atom. The molecule has 0 aromatic heterocycles. The fourth-order valence-corrected chi connectivity index (χ4v) is 1.22. The van der Waals surface area contributed by atoms with E-state index < -0.39 is 18.0 Å². The zero-order chi connectivity index (χ0) is 15.8. The zero-order valence-corrected chi connectivity index (χ0v) is 10.0. The maximum atomic E-state index is 12.4. The van der Waals surface area contributed by atoms with Crippen LogP contribution in [0.1, 0.15) is 11.1 Å². The Labute approximate surface area is 110 Å². The Hall–Kier alpha value is -1.88. The van der Waals surface area contributed by atoms with Crippen LogP contribution in [0.25, 0.3) is 0 Å². The van der Waals surface area contributed by atoms with Gasteiger partial charge in [-0.05, 0) is 36.6 Å². The molecule has 0 fully saturated rings. The molecule has 3 N–H and O–H groups in total. The van der Waals surface area contributed by atoms with Crippen LogP contribution in [0.5, 0.6) is 0 Å². The molecule has 0 aliphatic carbocycles. The highest BCUT2D eigenvalue weighted by Crippen LogP contribution is 2.42. The summed E-state index contributed by atoms with van der Waals surface area (Å²) in [5.74, 6) is 2.52. The van der Waals surface area contributed by atoms with Crippen molar-refractivity contribution in [1.82, 2.24) is 0 Å². The molecule has 2 nitrogen and oxygen atoms in total. The molecule has 0 saturated heterocycles. The summed E-state index contributed by atoms with van der Waals surface area (Å²) in [6.07, 6.45) is -11.9. The van der Waals surface area contributed by atoms with Crippen LogP contribution < -0.4 is 5.73 Å². The zero-order valence-electron chi connectivity index (χ0n) is 10.0. The van der Waals surface area contributed by atoms with Crippen LogP contribution >= 0.6 is 0 Å². The number of hydrogen-bond donors (Lipinski definition) is 2. The highest BCUT2D eigenvalue weighted by atomic mass is 19.4. The SMILES string of the molecule is Cc1cc(C#CC(O)(C(F)(F)F)C(F)(F)F)ccc1N. The maximum Gasteiger partial charge on any atom is 0.438 e. The van der Waals surface area contributed by atoms with E-state index in [4.69, 9.17) is 10.8 Å². The minimum atomic E-state index is -5.96. The van der Waals surface area contributed by atoms with Gasteiger partial charge in [0.1, 0.15) is 0 Å². The summed E-state index contributed by atoms with van der Waals surface area (Å²) in [5, 5.41) is 8.82. The molecule has 0 unspecified atom stereocenters. The lowest BCUT2D eigenvalue weighted by atomic mass is 10.0. The van der Waals surface area contributed by atoms with Gasteiger partial charge in [0.2, 0.25) is 0 Å². The van der Waals surface area contributed by atoms with Crippen LogP contribution in [-0.2, 0) is 0 Å². The van der Waals surface area contributed by atoms with Crippen LogP contribution in [0, 0.1) is 18.8 Å². The van der Waals surface area contributed by atoms with Gasteiger partial charge in [0.15, 0.2) is 0 Å². The number of aliphatic hydroxyl groups is 1. The van der Waals surface area contributed by atoms with Crippen molar-refractivity contribution in [3.8, 4) is 11.8 Å². The molecule has 110 valence electrons. The number of nitrogens with two attached hydrogens (primary N) is 1. The molecule has 0 bridgehead atoms. The predicted octanol–water partition coefficient (Wildman–Crippen LogP) is 2.78. The number of hydrogen-bond acceptors (Lipinski definition) is 2. The largest absolute Gasteiger partial charge is 0.438 e. The Morgan fingerprint density at radius 2 is 1.55 bits per heavy atom. The Kier molecular flexibility index (Phi) is 3.97. The minimum absolute atomic E-state index is 0.122. The molecule has 20 heavy (non-hydrogen) atoms. The molecule has 8 heteroatoms. The monoisotopic (exact) mass is 297 g/mol. The first kappa shape index (κ1) is 16.2. The molecular formula is C12H9F6NO. The summed E-state index contributed by atoms with van der Waals surface area (Å²) in [6, 6.07) is 3.66. The Morgan fingerprint density at radius 1 is 1.05 bits per heavy atom. The van der Waals surface area contributed by atoms with E-state index in [1.807, 2.05) is 0 Å². The second-order valence-electron chi connectivity index (χ2n) is 4.03. The van der Waals surface area contributed by atoms with Gasteiger partial charge in [0.25, 0.3) is 0 Å². The molecule has 0 amide bonds. The van der Waals surface area contributed by atoms with Gasteiger partial charge < -0.3 is 10.8 Å². The normalized spacial score (nSPS) is 12.8. The number of benzene rings is 1. The molecule has 1 aromatic carbocycles. The first-order chi connectivity index (χ1) is 8.88. The molecule has 1 aromatic rings. The van der Waals surface area contributed by atoms with Crippen molar-refractivity contribution < 1.29 is 31.4 Å². The molecule has 0 radical (unpaired) electrons. The minimum Gasteiger partial charge on any atom is -0.399 e. The van der Waals surface area contributed by atoms with Gasteiger partial charge in [-0.25, -0.2) is 0 Å². The van der Waals surface area contributed by atoms with Gasteiger partial charge in [0.05, 0.1) is 0 Å². The summed E-state index contributed by atoms with van der Waals surface area (Å²) >= 11 is 0. The quantitative estimate of drug-likeness (QED) is 0.439. The van der Waals surface area contributed by atoms with Crippen molar-refractivity contribution in [1.29, 1.82) is 0 Å². The van der Waals surface area contributed by atoms with Crippen LogP contribution in [0.15, 0.2) is 18.2 Å². The van der Waals surface area contributed by atoms with Gasteiger partial charge in [-0.2, -0.15) is 26.3 Å². The van der Waals surface area contributed by atoms with E-state index in [9.17, 15) is 26.3 Å². The van der Waals surface area contributed by atoms with Crippen molar-refractivity contribution in [3.05, 3.63) is 29.3 Å². The smallest absolute Gasteiger partial charge is 0.399 e. The van der Waals surface area contributed by atoms with Gasteiger partial charge in [-0.15, -0.1) is 0 Å². The third-order valence-corrected chi connectivity index (χ3v) is 2.48. The van der Waals surface area contributed by atoms with Crippen molar-refractivity contribution in [2.24, 2.45) is 0 Å². The molecule has 1 rings (SSSR count). The maximum absolute atomic E-state index is 12.4. The number of aryl methyl sites for hydroxylation is 1. The number of halogens is 6. The fourth-order valence-electron chi connectivity index (χ4n) is 1.22. The molecule has 0 spiro atoms. The van der Waals surface area contributed by atoms with Gasteiger partial charge in [-0.1, -0.05) is 5.92 Å². The van der Waals surface area contributed by atoms with Crippen LogP contribution in [-0.4, -0.2) is 23.1 Å². The highest BCUT2D eigenvalue weighted by molar-refractivity contribution is 5.51. The summed E-state index contributed by atoms with van der Waals surface area (Å²) in [4.78, 5) is 0. The lowest BCUT2D eigenvalue weighted by Crippen LogP contribution is -2.55. The Balaban J connectivity index is 3.29. The van der Waals surface area contributed by atoms with E-state index in [-0.39, 0.29) is 5.56 Å². The Bertz CT molecular complexity index is 550. The van der Waals surface area contributed by atoms with Gasteiger partial charge in [-0.3, -0.25) is 0 Å². The number of alkyl halides is 6. The molecular weight excluding hydrogens is 288 g/mol. The summed E-state index contributed by atoms with van der Waals surface area (Å²) < 4.78 is 74.1. The first-order valence-electron chi connectivity index (χ1n) is 5.13. The fraction of sp³-hybridized carbons (Fsp3) is 0.333. The number of anilines is 1. The number of nitrogen functional groups attached to an aromatic ring is 1. The average Bonchev–Trinajstić information content (AvgIpc) is 2.27. The van der Waals surface area contributed by atoms with Crippen molar-refractivity contribution in [3.63, 3.8) is 0 Å². The van der Waals surface area contributed by atoms with E-state index in [1.54, 1.807) is 5.92 Å². The van der Waals surface area contributed by atoms with E-state index in [1.165, 1.54) is 19.1 Å². The second kappa shape index (κ2) is 4.90. The lowest BCUT2D eigenvalue weighted by Gasteiger charge is -2.27.